The van der Waals surface area contributed by atoms with Crippen LogP contribution >= 0.6 is 0 Å². The van der Waals surface area contributed by atoms with E-state index in [2.05, 4.69) is 32.4 Å². The van der Waals surface area contributed by atoms with E-state index in [-0.39, 0.29) is 28.7 Å². The number of benzene rings is 2. The molecule has 2 aromatic carbocycles. The monoisotopic (exact) mass is 577 g/mol. The van der Waals surface area contributed by atoms with Crippen LogP contribution in [0.5, 0.6) is 0 Å². The second-order valence-corrected chi connectivity index (χ2v) is 10.0. The van der Waals surface area contributed by atoms with Gasteiger partial charge in [0.2, 0.25) is 0 Å². The zero-order valence-corrected chi connectivity index (χ0v) is 23.8. The standard InChI is InChI=1S/C30H30F3N7O2/c1-19-6-7-22(12-21(19)8-9-25-16-35-27(39(25)5)29(42)34-10-11-38(3)4)28(41)37-24-13-23(30(31,32)33)14-26(15-24)40-17-20(2)36-18-40/h6-7,12-18H,10-11H2,1-5H3,(H,34,42)(H,37,41). The number of nitrogens with one attached hydrogen (secondary N) is 2. The van der Waals surface area contributed by atoms with Gasteiger partial charge in [-0.2, -0.15) is 13.2 Å². The van der Waals surface area contributed by atoms with E-state index < -0.39 is 17.6 Å². The molecule has 0 fully saturated rings. The first-order valence-corrected chi connectivity index (χ1v) is 12.9. The van der Waals surface area contributed by atoms with Crippen molar-refractivity contribution in [3.63, 3.8) is 0 Å². The van der Waals surface area contributed by atoms with Crippen LogP contribution in [-0.4, -0.2) is 63.0 Å². The normalized spacial score (nSPS) is 11.3. The van der Waals surface area contributed by atoms with Gasteiger partial charge in [-0.1, -0.05) is 12.0 Å². The molecule has 2 aromatic heterocycles. The van der Waals surface area contributed by atoms with Gasteiger partial charge in [0.15, 0.2) is 5.82 Å². The number of aromatic nitrogens is 4. The molecule has 0 aliphatic heterocycles. The Morgan fingerprint density at radius 2 is 1.79 bits per heavy atom. The van der Waals surface area contributed by atoms with Gasteiger partial charge in [-0.25, -0.2) is 9.97 Å². The third kappa shape index (κ3) is 7.24. The van der Waals surface area contributed by atoms with Gasteiger partial charge in [0.05, 0.1) is 23.8 Å². The number of anilines is 1. The number of aryl methyl sites for hydroxylation is 2. The Kier molecular flexibility index (Phi) is 8.82. The molecule has 0 unspecified atom stereocenters. The van der Waals surface area contributed by atoms with Crippen LogP contribution in [0.2, 0.25) is 0 Å². The van der Waals surface area contributed by atoms with Crippen molar-refractivity contribution in [1.82, 2.24) is 29.3 Å². The molecule has 12 heteroatoms. The molecule has 4 rings (SSSR count). The lowest BCUT2D eigenvalue weighted by Crippen LogP contribution is -2.32. The molecule has 0 radical (unpaired) electrons. The first-order chi connectivity index (χ1) is 19.8. The van der Waals surface area contributed by atoms with Gasteiger partial charge in [0.25, 0.3) is 11.8 Å². The van der Waals surface area contributed by atoms with E-state index >= 15 is 0 Å². The van der Waals surface area contributed by atoms with Crippen molar-refractivity contribution in [2.75, 3.05) is 32.5 Å². The molecule has 2 amide bonds. The number of carbonyl (C=O) groups is 2. The lowest BCUT2D eigenvalue weighted by Gasteiger charge is -2.14. The summed E-state index contributed by atoms with van der Waals surface area (Å²) in [4.78, 5) is 35.8. The predicted octanol–water partition coefficient (Wildman–Crippen LogP) is 4.18. The molecule has 9 nitrogen and oxygen atoms in total. The molecule has 2 N–H and O–H groups in total. The summed E-state index contributed by atoms with van der Waals surface area (Å²) in [5, 5.41) is 5.38. The van der Waals surface area contributed by atoms with Crippen molar-refractivity contribution >= 4 is 17.5 Å². The average molecular weight is 578 g/mol. The van der Waals surface area contributed by atoms with Crippen molar-refractivity contribution in [1.29, 1.82) is 0 Å². The Morgan fingerprint density at radius 1 is 1.02 bits per heavy atom. The van der Waals surface area contributed by atoms with E-state index in [1.54, 1.807) is 42.9 Å². The van der Waals surface area contributed by atoms with Crippen molar-refractivity contribution in [3.8, 4) is 17.5 Å². The first kappa shape index (κ1) is 30.1. The molecule has 218 valence electrons. The minimum atomic E-state index is -4.61. The van der Waals surface area contributed by atoms with Gasteiger partial charge in [0, 0.05) is 48.8 Å². The second-order valence-electron chi connectivity index (χ2n) is 10.0. The van der Waals surface area contributed by atoms with E-state index in [1.807, 2.05) is 25.9 Å². The second kappa shape index (κ2) is 12.3. The predicted molar refractivity (Wildman–Crippen MR) is 153 cm³/mol. The minimum absolute atomic E-state index is 0.0179. The van der Waals surface area contributed by atoms with Gasteiger partial charge >= 0.3 is 6.18 Å². The van der Waals surface area contributed by atoms with E-state index in [0.29, 0.717) is 30.0 Å². The van der Waals surface area contributed by atoms with Gasteiger partial charge in [-0.05, 0) is 69.8 Å². The molecule has 0 saturated carbocycles. The summed E-state index contributed by atoms with van der Waals surface area (Å²) in [6, 6.07) is 8.17. The highest BCUT2D eigenvalue weighted by Gasteiger charge is 2.31. The molecular weight excluding hydrogens is 547 g/mol. The summed E-state index contributed by atoms with van der Waals surface area (Å²) in [6.45, 7) is 4.71. The third-order valence-electron chi connectivity index (χ3n) is 6.37. The maximum Gasteiger partial charge on any atom is 0.416 e. The highest BCUT2D eigenvalue weighted by Crippen LogP contribution is 2.33. The van der Waals surface area contributed by atoms with Crippen LogP contribution in [-0.2, 0) is 13.2 Å². The van der Waals surface area contributed by atoms with Gasteiger partial charge in [0.1, 0.15) is 5.69 Å². The number of imidazole rings is 2. The molecule has 0 atom stereocenters. The van der Waals surface area contributed by atoms with E-state index in [0.717, 1.165) is 17.7 Å². The summed E-state index contributed by atoms with van der Waals surface area (Å²) < 4.78 is 43.9. The van der Waals surface area contributed by atoms with Crippen molar-refractivity contribution < 1.29 is 22.8 Å². The van der Waals surface area contributed by atoms with E-state index in [1.165, 1.54) is 23.2 Å². The number of rotatable bonds is 7. The number of likely N-dealkylation sites (N-methyl/N-ethyl adjacent to an activating group) is 1. The van der Waals surface area contributed by atoms with Crippen LogP contribution in [0.25, 0.3) is 5.69 Å². The van der Waals surface area contributed by atoms with E-state index in [9.17, 15) is 22.8 Å². The molecular formula is C30H30F3N7O2. The van der Waals surface area contributed by atoms with Crippen molar-refractivity contribution in [3.05, 3.63) is 94.6 Å². The average Bonchev–Trinajstić information content (AvgIpc) is 3.52. The van der Waals surface area contributed by atoms with Gasteiger partial charge < -0.3 is 24.7 Å². The zero-order chi connectivity index (χ0) is 30.6. The number of carbonyl (C=O) groups excluding carboxylic acids is 2. The summed E-state index contributed by atoms with van der Waals surface area (Å²) in [5.74, 6) is 5.30. The summed E-state index contributed by atoms with van der Waals surface area (Å²) >= 11 is 0. The van der Waals surface area contributed by atoms with Crippen LogP contribution in [0, 0.1) is 25.7 Å². The molecule has 0 saturated heterocycles. The number of hydrogen-bond donors (Lipinski definition) is 2. The van der Waals surface area contributed by atoms with Crippen LogP contribution in [0.1, 0.15) is 49.1 Å². The van der Waals surface area contributed by atoms with Crippen molar-refractivity contribution in [2.45, 2.75) is 20.0 Å². The quantitative estimate of drug-likeness (QED) is 0.321. The molecule has 0 aliphatic rings. The lowest BCUT2D eigenvalue weighted by molar-refractivity contribution is -0.137. The Balaban J connectivity index is 1.56. The molecule has 2 heterocycles. The van der Waals surface area contributed by atoms with Crippen LogP contribution in [0.4, 0.5) is 18.9 Å². The highest BCUT2D eigenvalue weighted by atomic mass is 19.4. The fourth-order valence-electron chi connectivity index (χ4n) is 4.00. The molecule has 0 spiro atoms. The lowest BCUT2D eigenvalue weighted by atomic mass is 10.0. The number of halogens is 3. The molecule has 0 bridgehead atoms. The Bertz CT molecular complexity index is 1690. The third-order valence-corrected chi connectivity index (χ3v) is 6.37. The number of amides is 2. The number of nitrogens with zero attached hydrogens (tertiary/aromatic N) is 5. The largest absolute Gasteiger partial charge is 0.416 e. The zero-order valence-electron chi connectivity index (χ0n) is 23.8. The summed E-state index contributed by atoms with van der Waals surface area (Å²) in [7, 11) is 5.50. The Hall–Kier alpha value is -4.89. The first-order valence-electron chi connectivity index (χ1n) is 12.9. The summed E-state index contributed by atoms with van der Waals surface area (Å²) in [5.41, 5.74) is 1.96. The number of alkyl halides is 3. The molecule has 0 aliphatic carbocycles. The number of hydrogen-bond acceptors (Lipinski definition) is 5. The fourth-order valence-corrected chi connectivity index (χ4v) is 4.00. The molecule has 4 aromatic rings. The van der Waals surface area contributed by atoms with Crippen LogP contribution in [0.15, 0.2) is 55.1 Å². The van der Waals surface area contributed by atoms with Crippen molar-refractivity contribution in [2.24, 2.45) is 7.05 Å². The highest BCUT2D eigenvalue weighted by molar-refractivity contribution is 6.04. The SMILES string of the molecule is Cc1cn(-c2cc(NC(=O)c3ccc(C)c(C#Cc4cnc(C(=O)NCCN(C)C)n4C)c3)cc(C(F)(F)F)c2)cn1. The fraction of sp³-hybridized carbons (Fsp3) is 0.267. The van der Waals surface area contributed by atoms with Gasteiger partial charge in [-0.3, -0.25) is 9.59 Å². The minimum Gasteiger partial charge on any atom is -0.348 e. The maximum atomic E-state index is 13.6. The van der Waals surface area contributed by atoms with Gasteiger partial charge in [-0.15, -0.1) is 0 Å². The topological polar surface area (TPSA) is 97.1 Å². The molecule has 42 heavy (non-hydrogen) atoms. The smallest absolute Gasteiger partial charge is 0.348 e. The van der Waals surface area contributed by atoms with Crippen LogP contribution < -0.4 is 10.6 Å². The summed E-state index contributed by atoms with van der Waals surface area (Å²) in [6.07, 6.45) is -0.123. The maximum absolute atomic E-state index is 13.6. The van der Waals surface area contributed by atoms with Crippen LogP contribution in [0.3, 0.4) is 0 Å². The Labute approximate surface area is 241 Å². The Morgan fingerprint density at radius 3 is 2.45 bits per heavy atom. The van der Waals surface area contributed by atoms with E-state index in [4.69, 9.17) is 0 Å².